The minimum atomic E-state index is -3.17. The monoisotopic (exact) mass is 254 g/mol. The molecular weight excluding hydrogens is 236 g/mol. The molecule has 1 aliphatic rings. The summed E-state index contributed by atoms with van der Waals surface area (Å²) >= 11 is 0. The van der Waals surface area contributed by atoms with E-state index in [1.54, 1.807) is 12.1 Å². The molecule has 4 nitrogen and oxygen atoms in total. The van der Waals surface area contributed by atoms with E-state index in [0.29, 0.717) is 5.69 Å². The zero-order valence-corrected chi connectivity index (χ0v) is 10.8. The molecule has 5 heteroatoms. The smallest absolute Gasteiger partial charge is 0.175 e. The summed E-state index contributed by atoms with van der Waals surface area (Å²) in [7, 11) is -3.17. The van der Waals surface area contributed by atoms with Crippen LogP contribution in [0, 0.1) is 0 Å². The van der Waals surface area contributed by atoms with Crippen LogP contribution in [0.4, 0.5) is 11.4 Å². The highest BCUT2D eigenvalue weighted by Crippen LogP contribution is 2.28. The number of sulfone groups is 1. The zero-order chi connectivity index (χ0) is 12.5. The maximum Gasteiger partial charge on any atom is 0.175 e. The Morgan fingerprint density at radius 1 is 1.18 bits per heavy atom. The molecule has 0 saturated carbocycles. The van der Waals surface area contributed by atoms with Gasteiger partial charge in [0.05, 0.1) is 16.3 Å². The lowest BCUT2D eigenvalue weighted by Crippen LogP contribution is -2.30. The number of hydrogen-bond donors (Lipinski definition) is 1. The molecular formula is C12H18N2O2S. The second kappa shape index (κ2) is 4.56. The molecule has 1 fully saturated rings. The lowest BCUT2D eigenvalue weighted by molar-refractivity contribution is 0.578. The Morgan fingerprint density at radius 3 is 2.35 bits per heavy atom. The average molecular weight is 254 g/mol. The van der Waals surface area contributed by atoms with E-state index in [9.17, 15) is 8.42 Å². The molecule has 0 spiro atoms. The van der Waals surface area contributed by atoms with Crippen molar-refractivity contribution < 1.29 is 8.42 Å². The van der Waals surface area contributed by atoms with Crippen molar-refractivity contribution in [2.45, 2.75) is 24.2 Å². The van der Waals surface area contributed by atoms with Crippen molar-refractivity contribution in [1.29, 1.82) is 0 Å². The van der Waals surface area contributed by atoms with Gasteiger partial charge >= 0.3 is 0 Å². The molecule has 17 heavy (non-hydrogen) atoms. The van der Waals surface area contributed by atoms with Crippen LogP contribution in [-0.2, 0) is 9.84 Å². The first-order valence-corrected chi connectivity index (χ1v) is 7.72. The van der Waals surface area contributed by atoms with E-state index in [0.717, 1.165) is 18.8 Å². The maximum absolute atomic E-state index is 11.4. The molecule has 0 amide bonds. The Balaban J connectivity index is 2.31. The van der Waals surface area contributed by atoms with Crippen molar-refractivity contribution in [3.8, 4) is 0 Å². The van der Waals surface area contributed by atoms with Crippen LogP contribution in [0.1, 0.15) is 19.3 Å². The van der Waals surface area contributed by atoms with Gasteiger partial charge in [0.2, 0.25) is 0 Å². The Hall–Kier alpha value is -1.23. The Kier molecular flexibility index (Phi) is 3.28. The van der Waals surface area contributed by atoms with Crippen molar-refractivity contribution in [1.82, 2.24) is 0 Å². The standard InChI is InChI=1S/C12H18N2O2S/c1-17(15,16)10-5-6-12(11(13)9-10)14-7-3-2-4-8-14/h5-6,9H,2-4,7-8,13H2,1H3. The molecule has 0 bridgehead atoms. The number of nitrogen functional groups attached to an aromatic ring is 1. The van der Waals surface area contributed by atoms with E-state index in [1.165, 1.54) is 25.5 Å². The van der Waals surface area contributed by atoms with Gasteiger partial charge in [-0.25, -0.2) is 8.42 Å². The van der Waals surface area contributed by atoms with E-state index in [2.05, 4.69) is 4.90 Å². The molecule has 0 aromatic heterocycles. The Labute approximate surface area is 102 Å². The van der Waals surface area contributed by atoms with Crippen molar-refractivity contribution in [3.63, 3.8) is 0 Å². The number of nitrogens with zero attached hydrogens (tertiary/aromatic N) is 1. The Bertz CT molecular complexity index is 505. The third kappa shape index (κ3) is 2.72. The summed E-state index contributed by atoms with van der Waals surface area (Å²) in [5.74, 6) is 0. The molecule has 1 aliphatic heterocycles. The lowest BCUT2D eigenvalue weighted by atomic mass is 10.1. The molecule has 2 N–H and O–H groups in total. The van der Waals surface area contributed by atoms with Crippen LogP contribution in [0.25, 0.3) is 0 Å². The minimum Gasteiger partial charge on any atom is -0.397 e. The molecule has 0 aliphatic carbocycles. The quantitative estimate of drug-likeness (QED) is 0.815. The number of hydrogen-bond acceptors (Lipinski definition) is 4. The fraction of sp³-hybridized carbons (Fsp3) is 0.500. The average Bonchev–Trinajstić information content (AvgIpc) is 2.29. The second-order valence-electron chi connectivity index (χ2n) is 4.54. The summed E-state index contributed by atoms with van der Waals surface area (Å²) in [4.78, 5) is 2.51. The lowest BCUT2D eigenvalue weighted by Gasteiger charge is -2.29. The molecule has 2 rings (SSSR count). The topological polar surface area (TPSA) is 63.4 Å². The first kappa shape index (κ1) is 12.2. The first-order chi connectivity index (χ1) is 7.98. The van der Waals surface area contributed by atoms with Crippen LogP contribution in [0.2, 0.25) is 0 Å². The highest BCUT2D eigenvalue weighted by atomic mass is 32.2. The summed E-state index contributed by atoms with van der Waals surface area (Å²) in [5, 5.41) is 0. The van der Waals surface area contributed by atoms with Crippen LogP contribution in [0.5, 0.6) is 0 Å². The van der Waals surface area contributed by atoms with Gasteiger partial charge in [0.25, 0.3) is 0 Å². The summed E-state index contributed by atoms with van der Waals surface area (Å²) < 4.78 is 22.8. The predicted molar refractivity (Wildman–Crippen MR) is 70.0 cm³/mol. The number of rotatable bonds is 2. The highest BCUT2D eigenvalue weighted by molar-refractivity contribution is 7.90. The third-order valence-corrected chi connectivity index (χ3v) is 4.23. The van der Waals surface area contributed by atoms with Gasteiger partial charge in [-0.05, 0) is 37.5 Å². The summed E-state index contributed by atoms with van der Waals surface area (Å²) in [6.45, 7) is 2.00. The minimum absolute atomic E-state index is 0.288. The molecule has 1 aromatic carbocycles. The van der Waals surface area contributed by atoms with Gasteiger partial charge in [-0.3, -0.25) is 0 Å². The van der Waals surface area contributed by atoms with Gasteiger partial charge in [0.15, 0.2) is 9.84 Å². The van der Waals surface area contributed by atoms with Gasteiger partial charge < -0.3 is 10.6 Å². The van der Waals surface area contributed by atoms with Crippen LogP contribution in [0.15, 0.2) is 23.1 Å². The molecule has 0 radical (unpaired) electrons. The molecule has 0 atom stereocenters. The molecule has 0 unspecified atom stereocenters. The number of anilines is 2. The number of nitrogens with two attached hydrogens (primary N) is 1. The van der Waals surface area contributed by atoms with Crippen molar-refractivity contribution >= 4 is 21.2 Å². The first-order valence-electron chi connectivity index (χ1n) is 5.83. The molecule has 1 aromatic rings. The fourth-order valence-corrected chi connectivity index (χ4v) is 2.84. The van der Waals surface area contributed by atoms with E-state index in [-0.39, 0.29) is 4.90 Å². The normalized spacial score (nSPS) is 17.1. The molecule has 1 heterocycles. The number of piperidine rings is 1. The van der Waals surface area contributed by atoms with Gasteiger partial charge in [-0.2, -0.15) is 0 Å². The third-order valence-electron chi connectivity index (χ3n) is 3.12. The van der Waals surface area contributed by atoms with Crippen molar-refractivity contribution in [2.75, 3.05) is 30.0 Å². The summed E-state index contributed by atoms with van der Waals surface area (Å²) in [6.07, 6.45) is 4.81. The van der Waals surface area contributed by atoms with E-state index >= 15 is 0 Å². The van der Waals surface area contributed by atoms with Gasteiger partial charge in [0.1, 0.15) is 0 Å². The Morgan fingerprint density at radius 2 is 1.82 bits per heavy atom. The summed E-state index contributed by atoms with van der Waals surface area (Å²) in [5.41, 5.74) is 7.45. The van der Waals surface area contributed by atoms with E-state index in [1.807, 2.05) is 6.07 Å². The predicted octanol–water partition coefficient (Wildman–Crippen LogP) is 1.66. The van der Waals surface area contributed by atoms with Crippen molar-refractivity contribution in [3.05, 3.63) is 18.2 Å². The number of benzene rings is 1. The maximum atomic E-state index is 11.4. The SMILES string of the molecule is CS(=O)(=O)c1ccc(N2CCCCC2)c(N)c1. The highest BCUT2D eigenvalue weighted by Gasteiger charge is 2.15. The molecule has 1 saturated heterocycles. The van der Waals surface area contributed by atoms with Crippen LogP contribution in [0.3, 0.4) is 0 Å². The second-order valence-corrected chi connectivity index (χ2v) is 6.56. The van der Waals surface area contributed by atoms with Crippen LogP contribution >= 0.6 is 0 Å². The fourth-order valence-electron chi connectivity index (χ4n) is 2.19. The van der Waals surface area contributed by atoms with Crippen molar-refractivity contribution in [2.24, 2.45) is 0 Å². The van der Waals surface area contributed by atoms with Crippen LogP contribution < -0.4 is 10.6 Å². The van der Waals surface area contributed by atoms with E-state index < -0.39 is 9.84 Å². The van der Waals surface area contributed by atoms with Crippen LogP contribution in [-0.4, -0.2) is 27.8 Å². The van der Waals surface area contributed by atoms with Gasteiger partial charge in [-0.15, -0.1) is 0 Å². The molecule has 94 valence electrons. The van der Waals surface area contributed by atoms with E-state index in [4.69, 9.17) is 5.73 Å². The largest absolute Gasteiger partial charge is 0.397 e. The zero-order valence-electron chi connectivity index (χ0n) is 10.0. The van der Waals surface area contributed by atoms with Gasteiger partial charge in [-0.1, -0.05) is 0 Å². The summed E-state index contributed by atoms with van der Waals surface area (Å²) in [6, 6.07) is 5.01. The van der Waals surface area contributed by atoms with Gasteiger partial charge in [0, 0.05) is 19.3 Å².